The van der Waals surface area contributed by atoms with Crippen molar-refractivity contribution in [2.24, 2.45) is 0 Å². The van der Waals surface area contributed by atoms with E-state index in [0.29, 0.717) is 17.7 Å². The van der Waals surface area contributed by atoms with Crippen molar-refractivity contribution in [3.8, 4) is 5.75 Å². The van der Waals surface area contributed by atoms with Gasteiger partial charge < -0.3 is 15.4 Å². The smallest absolute Gasteiger partial charge is 0.240 e. The van der Waals surface area contributed by atoms with Crippen LogP contribution in [0.25, 0.3) is 0 Å². The van der Waals surface area contributed by atoms with E-state index in [4.69, 9.17) is 4.74 Å². The molecule has 1 aromatic carbocycles. The maximum Gasteiger partial charge on any atom is 0.240 e. The minimum atomic E-state index is -3.60. The molecule has 0 bridgehead atoms. The Morgan fingerprint density at radius 3 is 2.67 bits per heavy atom. The van der Waals surface area contributed by atoms with Crippen LogP contribution in [0.3, 0.4) is 0 Å². The molecule has 0 aromatic heterocycles. The molecule has 7 nitrogen and oxygen atoms in total. The summed E-state index contributed by atoms with van der Waals surface area (Å²) in [4.78, 5) is 11.6. The van der Waals surface area contributed by atoms with Gasteiger partial charge in [0, 0.05) is 24.6 Å². The average Bonchev–Trinajstić information content (AvgIpc) is 2.59. The van der Waals surface area contributed by atoms with E-state index in [1.165, 1.54) is 13.2 Å². The van der Waals surface area contributed by atoms with Gasteiger partial charge in [-0.05, 0) is 44.1 Å². The van der Waals surface area contributed by atoms with Crippen molar-refractivity contribution in [2.45, 2.75) is 43.7 Å². The van der Waals surface area contributed by atoms with Gasteiger partial charge in [-0.3, -0.25) is 4.79 Å². The highest BCUT2D eigenvalue weighted by atomic mass is 32.2. The van der Waals surface area contributed by atoms with E-state index in [1.807, 2.05) is 0 Å². The van der Waals surface area contributed by atoms with Gasteiger partial charge in [0.15, 0.2) is 0 Å². The number of methoxy groups -OCH3 is 1. The molecule has 1 aliphatic rings. The van der Waals surface area contributed by atoms with Gasteiger partial charge in [-0.1, -0.05) is 6.92 Å². The number of hydrogen-bond donors (Lipinski definition) is 3. The Kier molecular flexibility index (Phi) is 6.59. The summed E-state index contributed by atoms with van der Waals surface area (Å²) in [5.41, 5.74) is 0.632. The van der Waals surface area contributed by atoms with Crippen LogP contribution in [0.5, 0.6) is 5.75 Å². The molecule has 0 saturated carbocycles. The summed E-state index contributed by atoms with van der Waals surface area (Å²) in [5, 5.41) is 5.95. The molecule has 3 N–H and O–H groups in total. The molecule has 1 heterocycles. The summed E-state index contributed by atoms with van der Waals surface area (Å²) in [6.07, 6.45) is 1.92. The Balaban J connectivity index is 2.17. The van der Waals surface area contributed by atoms with Gasteiger partial charge in [0.2, 0.25) is 15.9 Å². The summed E-state index contributed by atoms with van der Waals surface area (Å²) in [6.45, 7) is 3.61. The molecule has 1 amide bonds. The standard InChI is InChI=1S/C16H25N3O4S/c1-3-16(20)18-11-12-10-14(4-5-15(12)23-2)24(21,22)19-13-6-8-17-9-7-13/h4-5,10,13,17,19H,3,6-9,11H2,1-2H3,(H,18,20). The van der Waals surface area contributed by atoms with Crippen LogP contribution in [0.4, 0.5) is 0 Å². The summed E-state index contributed by atoms with van der Waals surface area (Å²) < 4.78 is 33.2. The van der Waals surface area contributed by atoms with E-state index in [-0.39, 0.29) is 23.4 Å². The second-order valence-electron chi connectivity index (χ2n) is 5.75. The third kappa shape index (κ3) is 4.93. The van der Waals surface area contributed by atoms with Crippen molar-refractivity contribution in [2.75, 3.05) is 20.2 Å². The van der Waals surface area contributed by atoms with Crippen LogP contribution >= 0.6 is 0 Å². The Hall–Kier alpha value is -1.64. The number of rotatable bonds is 7. The highest BCUT2D eigenvalue weighted by Crippen LogP contribution is 2.23. The van der Waals surface area contributed by atoms with Crippen molar-refractivity contribution in [3.05, 3.63) is 23.8 Å². The maximum absolute atomic E-state index is 12.6. The maximum atomic E-state index is 12.6. The topological polar surface area (TPSA) is 96.5 Å². The normalized spacial score (nSPS) is 15.9. The molecule has 0 unspecified atom stereocenters. The average molecular weight is 355 g/mol. The lowest BCUT2D eigenvalue weighted by Gasteiger charge is -2.23. The summed E-state index contributed by atoms with van der Waals surface area (Å²) in [7, 11) is -2.08. The third-order valence-electron chi connectivity index (χ3n) is 4.02. The fourth-order valence-electron chi connectivity index (χ4n) is 2.61. The number of hydrogen-bond acceptors (Lipinski definition) is 5. The first-order valence-electron chi connectivity index (χ1n) is 8.13. The molecule has 1 aliphatic heterocycles. The number of nitrogens with one attached hydrogen (secondary N) is 3. The Morgan fingerprint density at radius 1 is 1.33 bits per heavy atom. The van der Waals surface area contributed by atoms with Crippen LogP contribution < -0.4 is 20.1 Å². The van der Waals surface area contributed by atoms with Crippen LogP contribution in [0, 0.1) is 0 Å². The largest absolute Gasteiger partial charge is 0.496 e. The van der Waals surface area contributed by atoms with Crippen LogP contribution in [0.2, 0.25) is 0 Å². The van der Waals surface area contributed by atoms with Crippen LogP contribution in [0.15, 0.2) is 23.1 Å². The molecule has 1 fully saturated rings. The molecule has 24 heavy (non-hydrogen) atoms. The van der Waals surface area contributed by atoms with Crippen LogP contribution in [-0.4, -0.2) is 40.6 Å². The van der Waals surface area contributed by atoms with Gasteiger partial charge in [0.25, 0.3) is 0 Å². The van der Waals surface area contributed by atoms with Gasteiger partial charge in [-0.15, -0.1) is 0 Å². The Labute approximate surface area is 143 Å². The first-order valence-corrected chi connectivity index (χ1v) is 9.61. The zero-order chi connectivity index (χ0) is 17.6. The number of piperidine rings is 1. The Bertz CT molecular complexity index is 670. The number of amides is 1. The summed E-state index contributed by atoms with van der Waals surface area (Å²) in [6, 6.07) is 4.64. The third-order valence-corrected chi connectivity index (χ3v) is 5.54. The van der Waals surface area contributed by atoms with Gasteiger partial charge in [-0.25, -0.2) is 13.1 Å². The molecule has 8 heteroatoms. The first kappa shape index (κ1) is 18.7. The minimum absolute atomic E-state index is 0.0541. The zero-order valence-electron chi connectivity index (χ0n) is 14.1. The highest BCUT2D eigenvalue weighted by Gasteiger charge is 2.22. The fourth-order valence-corrected chi connectivity index (χ4v) is 3.96. The van der Waals surface area contributed by atoms with E-state index in [2.05, 4.69) is 15.4 Å². The molecule has 0 spiro atoms. The van der Waals surface area contributed by atoms with Gasteiger partial charge in [-0.2, -0.15) is 0 Å². The molecule has 0 aliphatic carbocycles. The van der Waals surface area contributed by atoms with Gasteiger partial charge in [0.1, 0.15) is 5.75 Å². The monoisotopic (exact) mass is 355 g/mol. The first-order chi connectivity index (χ1) is 11.5. The number of ether oxygens (including phenoxy) is 1. The highest BCUT2D eigenvalue weighted by molar-refractivity contribution is 7.89. The summed E-state index contributed by atoms with van der Waals surface area (Å²) >= 11 is 0. The minimum Gasteiger partial charge on any atom is -0.496 e. The molecule has 0 atom stereocenters. The van der Waals surface area contributed by atoms with E-state index in [9.17, 15) is 13.2 Å². The lowest BCUT2D eigenvalue weighted by atomic mass is 10.1. The number of sulfonamides is 1. The van der Waals surface area contributed by atoms with Crippen molar-refractivity contribution in [1.29, 1.82) is 0 Å². The van der Waals surface area contributed by atoms with E-state index in [0.717, 1.165) is 25.9 Å². The second-order valence-corrected chi connectivity index (χ2v) is 7.46. The van der Waals surface area contributed by atoms with E-state index in [1.54, 1.807) is 19.1 Å². The summed E-state index contributed by atoms with van der Waals surface area (Å²) in [5.74, 6) is 0.449. The fraction of sp³-hybridized carbons (Fsp3) is 0.562. The molecule has 0 radical (unpaired) electrons. The second kappa shape index (κ2) is 8.46. The number of carbonyl (C=O) groups excluding carboxylic acids is 1. The SMILES string of the molecule is CCC(=O)NCc1cc(S(=O)(=O)NC2CCNCC2)ccc1OC. The van der Waals surface area contributed by atoms with E-state index >= 15 is 0 Å². The molecular formula is C16H25N3O4S. The van der Waals surface area contributed by atoms with Gasteiger partial charge in [0.05, 0.1) is 12.0 Å². The van der Waals surface area contributed by atoms with Crippen molar-refractivity contribution in [1.82, 2.24) is 15.4 Å². The zero-order valence-corrected chi connectivity index (χ0v) is 14.9. The lowest BCUT2D eigenvalue weighted by Crippen LogP contribution is -2.42. The number of carbonyl (C=O) groups is 1. The molecular weight excluding hydrogens is 330 g/mol. The molecule has 1 aromatic rings. The molecule has 1 saturated heterocycles. The van der Waals surface area contributed by atoms with Crippen LogP contribution in [0.1, 0.15) is 31.7 Å². The predicted molar refractivity (Wildman–Crippen MR) is 91.3 cm³/mol. The quantitative estimate of drug-likeness (QED) is 0.671. The lowest BCUT2D eigenvalue weighted by molar-refractivity contribution is -0.120. The van der Waals surface area contributed by atoms with Crippen LogP contribution in [-0.2, 0) is 21.4 Å². The predicted octanol–water partition coefficient (Wildman–Crippen LogP) is 0.752. The van der Waals surface area contributed by atoms with Gasteiger partial charge >= 0.3 is 0 Å². The van der Waals surface area contributed by atoms with Crippen molar-refractivity contribution in [3.63, 3.8) is 0 Å². The van der Waals surface area contributed by atoms with Crippen molar-refractivity contribution < 1.29 is 17.9 Å². The Morgan fingerprint density at radius 2 is 2.04 bits per heavy atom. The van der Waals surface area contributed by atoms with E-state index < -0.39 is 10.0 Å². The molecule has 2 rings (SSSR count). The molecule has 134 valence electrons. The van der Waals surface area contributed by atoms with Crippen molar-refractivity contribution >= 4 is 15.9 Å². The number of benzene rings is 1.